The van der Waals surface area contributed by atoms with Crippen LogP contribution >= 0.6 is 7.82 Å². The lowest BCUT2D eigenvalue weighted by molar-refractivity contribution is -0.119. The molecule has 1 fully saturated rings. The number of hydrogen-bond acceptors (Lipinski definition) is 7. The zero-order valence-electron chi connectivity index (χ0n) is 11.6. The molecule has 0 bridgehead atoms. The highest BCUT2D eigenvalue weighted by molar-refractivity contribution is 7.46. The van der Waals surface area contributed by atoms with E-state index >= 15 is 0 Å². The van der Waals surface area contributed by atoms with Crippen molar-refractivity contribution in [2.75, 3.05) is 6.61 Å². The number of rotatable bonds is 4. The van der Waals surface area contributed by atoms with Crippen LogP contribution in [0.1, 0.15) is 6.92 Å². The van der Waals surface area contributed by atoms with Crippen LogP contribution in [0.3, 0.4) is 0 Å². The molecular formula is C11H17N2O8P. The first-order chi connectivity index (χ1) is 10.1. The number of carbonyl (C=O) groups is 1. The topological polar surface area (TPSA) is 149 Å². The highest BCUT2D eigenvalue weighted by Gasteiger charge is 2.47. The summed E-state index contributed by atoms with van der Waals surface area (Å²) < 4.78 is 20.3. The molecule has 10 nitrogen and oxygen atoms in total. The fraction of sp³-hybridized carbons (Fsp3) is 0.545. The maximum atomic E-state index is 11.5. The van der Waals surface area contributed by atoms with Crippen LogP contribution in [0.15, 0.2) is 24.2 Å². The van der Waals surface area contributed by atoms with Crippen molar-refractivity contribution in [1.29, 1.82) is 0 Å². The Labute approximate surface area is 125 Å². The molecule has 0 unspecified atom stereocenters. The Bertz CT molecular complexity index is 558. The quantitative estimate of drug-likeness (QED) is 0.381. The Kier molecular flexibility index (Phi) is 4.73. The Morgan fingerprint density at radius 1 is 1.45 bits per heavy atom. The van der Waals surface area contributed by atoms with Gasteiger partial charge in [-0.1, -0.05) is 6.58 Å². The smallest absolute Gasteiger partial charge is 0.387 e. The first kappa shape index (κ1) is 17.1. The summed E-state index contributed by atoms with van der Waals surface area (Å²) in [5, 5.41) is 22.4. The maximum absolute atomic E-state index is 11.5. The van der Waals surface area contributed by atoms with Crippen LogP contribution in [0.4, 0.5) is 0 Å². The summed E-state index contributed by atoms with van der Waals surface area (Å²) in [6, 6.07) is 0. The number of ether oxygens (including phenoxy) is 1. The van der Waals surface area contributed by atoms with Crippen LogP contribution in [0.2, 0.25) is 0 Å². The zero-order chi connectivity index (χ0) is 16.7. The molecule has 0 aromatic carbocycles. The van der Waals surface area contributed by atoms with Gasteiger partial charge in [-0.3, -0.25) is 9.32 Å². The minimum absolute atomic E-state index is 0.142. The average Bonchev–Trinajstić information content (AvgIpc) is 2.68. The van der Waals surface area contributed by atoms with Crippen LogP contribution in [-0.4, -0.2) is 62.0 Å². The van der Waals surface area contributed by atoms with E-state index in [9.17, 15) is 19.6 Å². The van der Waals surface area contributed by atoms with E-state index in [1.165, 1.54) is 11.1 Å². The van der Waals surface area contributed by atoms with Gasteiger partial charge in [0.1, 0.15) is 24.1 Å². The summed E-state index contributed by atoms with van der Waals surface area (Å²) in [6.45, 7) is 4.56. The van der Waals surface area contributed by atoms with E-state index in [1.54, 1.807) is 6.92 Å². The fourth-order valence-corrected chi connectivity index (χ4v) is 2.47. The standard InChI is InChI=1S/C11H17N2O8P/c1-5-3-13(6(2)12-10(5)16)11-9(15)8(14)7(21-11)4-20-22(17,18)19/h3,7-9,11,14-15H,2,4H2,1H3,(H,12,16)(H2,17,18,19)/t7-,8-,9-,11-/m1/s1. The Morgan fingerprint density at radius 2 is 2.09 bits per heavy atom. The van der Waals surface area contributed by atoms with Gasteiger partial charge in [0.25, 0.3) is 5.91 Å². The second-order valence-electron chi connectivity index (χ2n) is 4.95. The number of nitrogens with one attached hydrogen (secondary N) is 1. The lowest BCUT2D eigenvalue weighted by atomic mass is 10.1. The van der Waals surface area contributed by atoms with E-state index in [-0.39, 0.29) is 11.7 Å². The molecule has 0 aromatic rings. The van der Waals surface area contributed by atoms with Gasteiger partial charge in [0.15, 0.2) is 6.23 Å². The summed E-state index contributed by atoms with van der Waals surface area (Å²) >= 11 is 0. The second kappa shape index (κ2) is 6.09. The number of amides is 1. The predicted molar refractivity (Wildman–Crippen MR) is 71.5 cm³/mol. The lowest BCUT2D eigenvalue weighted by Crippen LogP contribution is -2.47. The molecule has 0 aliphatic carbocycles. The highest BCUT2D eigenvalue weighted by Crippen LogP contribution is 2.37. The van der Waals surface area contributed by atoms with Crippen molar-refractivity contribution in [3.8, 4) is 0 Å². The van der Waals surface area contributed by atoms with Crippen molar-refractivity contribution in [3.63, 3.8) is 0 Å². The van der Waals surface area contributed by atoms with Gasteiger partial charge in [0.2, 0.25) is 0 Å². The minimum Gasteiger partial charge on any atom is -0.387 e. The summed E-state index contributed by atoms with van der Waals surface area (Å²) in [6.07, 6.45) is -3.64. The van der Waals surface area contributed by atoms with Crippen molar-refractivity contribution < 1.29 is 38.6 Å². The number of phosphoric ester groups is 1. The largest absolute Gasteiger partial charge is 0.469 e. The molecule has 2 aliphatic rings. The van der Waals surface area contributed by atoms with Gasteiger partial charge < -0.3 is 35.0 Å². The Balaban J connectivity index is 2.11. The van der Waals surface area contributed by atoms with Gasteiger partial charge in [0.05, 0.1) is 6.61 Å². The first-order valence-electron chi connectivity index (χ1n) is 6.29. The third-order valence-corrected chi connectivity index (χ3v) is 3.76. The van der Waals surface area contributed by atoms with Crippen LogP contribution in [0, 0.1) is 0 Å². The third-order valence-electron chi connectivity index (χ3n) is 3.28. The zero-order valence-corrected chi connectivity index (χ0v) is 12.5. The Morgan fingerprint density at radius 3 is 2.68 bits per heavy atom. The fourth-order valence-electron chi connectivity index (χ4n) is 2.13. The summed E-state index contributed by atoms with van der Waals surface area (Å²) in [5.74, 6) is -0.209. The molecule has 0 saturated carbocycles. The SMILES string of the molecule is C=C1NC(=O)C(C)=CN1[C@@H]1O[C@H](COP(=O)(O)O)[C@@H](O)[C@H]1O. The molecule has 22 heavy (non-hydrogen) atoms. The summed E-state index contributed by atoms with van der Waals surface area (Å²) in [4.78, 5) is 30.1. The molecule has 124 valence electrons. The van der Waals surface area contributed by atoms with Crippen molar-refractivity contribution in [2.45, 2.75) is 31.5 Å². The number of carbonyl (C=O) groups excluding carboxylic acids is 1. The summed E-state index contributed by atoms with van der Waals surface area (Å²) in [5.41, 5.74) is 0.340. The van der Waals surface area contributed by atoms with Crippen molar-refractivity contribution in [3.05, 3.63) is 24.2 Å². The van der Waals surface area contributed by atoms with Crippen molar-refractivity contribution in [2.24, 2.45) is 0 Å². The van der Waals surface area contributed by atoms with Crippen LogP contribution in [0.25, 0.3) is 0 Å². The van der Waals surface area contributed by atoms with Crippen LogP contribution < -0.4 is 5.32 Å². The molecule has 2 aliphatic heterocycles. The number of nitrogens with zero attached hydrogens (tertiary/aromatic N) is 1. The molecule has 0 radical (unpaired) electrons. The monoisotopic (exact) mass is 336 g/mol. The molecule has 1 amide bonds. The van der Waals surface area contributed by atoms with Gasteiger partial charge in [-0.25, -0.2) is 4.57 Å². The molecule has 4 atom stereocenters. The van der Waals surface area contributed by atoms with Gasteiger partial charge in [-0.15, -0.1) is 0 Å². The minimum atomic E-state index is -4.72. The molecule has 2 heterocycles. The molecular weight excluding hydrogens is 319 g/mol. The predicted octanol–water partition coefficient (Wildman–Crippen LogP) is -1.65. The number of hydrogen-bond donors (Lipinski definition) is 5. The van der Waals surface area contributed by atoms with E-state index in [4.69, 9.17) is 14.5 Å². The van der Waals surface area contributed by atoms with E-state index in [2.05, 4.69) is 16.4 Å². The average molecular weight is 336 g/mol. The molecule has 11 heteroatoms. The lowest BCUT2D eigenvalue weighted by Gasteiger charge is -2.33. The molecule has 2 rings (SSSR count). The van der Waals surface area contributed by atoms with E-state index < -0.39 is 39.0 Å². The molecule has 1 saturated heterocycles. The number of aliphatic hydroxyl groups is 2. The van der Waals surface area contributed by atoms with Gasteiger partial charge in [0, 0.05) is 11.8 Å². The van der Waals surface area contributed by atoms with Crippen LogP contribution in [0.5, 0.6) is 0 Å². The summed E-state index contributed by atoms with van der Waals surface area (Å²) in [7, 11) is -4.72. The van der Waals surface area contributed by atoms with E-state index in [0.717, 1.165) is 0 Å². The van der Waals surface area contributed by atoms with E-state index in [0.29, 0.717) is 5.57 Å². The van der Waals surface area contributed by atoms with Gasteiger partial charge in [-0.05, 0) is 6.92 Å². The Hall–Kier alpha value is -1.26. The highest BCUT2D eigenvalue weighted by atomic mass is 31.2. The molecule has 0 aromatic heterocycles. The van der Waals surface area contributed by atoms with Crippen molar-refractivity contribution in [1.82, 2.24) is 10.2 Å². The molecule has 0 spiro atoms. The van der Waals surface area contributed by atoms with Crippen LogP contribution in [-0.2, 0) is 18.6 Å². The van der Waals surface area contributed by atoms with E-state index in [1.807, 2.05) is 0 Å². The second-order valence-corrected chi connectivity index (χ2v) is 6.19. The first-order valence-corrected chi connectivity index (χ1v) is 7.82. The number of phosphoric acid groups is 1. The van der Waals surface area contributed by atoms with Gasteiger partial charge >= 0.3 is 7.82 Å². The normalized spacial score (nSPS) is 33.0. The molecule has 5 N–H and O–H groups in total. The third kappa shape index (κ3) is 3.55. The number of aliphatic hydroxyl groups excluding tert-OH is 2. The maximum Gasteiger partial charge on any atom is 0.469 e. The van der Waals surface area contributed by atoms with Crippen molar-refractivity contribution >= 4 is 13.7 Å². The van der Waals surface area contributed by atoms with Gasteiger partial charge in [-0.2, -0.15) is 0 Å².